The summed E-state index contributed by atoms with van der Waals surface area (Å²) in [6, 6.07) is 7.14. The van der Waals surface area contributed by atoms with Crippen LogP contribution in [0.3, 0.4) is 0 Å². The zero-order valence-electron chi connectivity index (χ0n) is 8.45. The molecule has 0 spiro atoms. The van der Waals surface area contributed by atoms with E-state index in [1.54, 1.807) is 12.1 Å². The van der Waals surface area contributed by atoms with Gasteiger partial charge in [-0.1, -0.05) is 69.4 Å². The van der Waals surface area contributed by atoms with Crippen LogP contribution in [0.25, 0.3) is 0 Å². The van der Waals surface area contributed by atoms with Crippen LogP contribution in [0.15, 0.2) is 24.3 Å². The molecule has 1 aromatic carbocycles. The summed E-state index contributed by atoms with van der Waals surface area (Å²) in [5.74, 6) is -0.252. The lowest BCUT2D eigenvalue weighted by Crippen LogP contribution is -2.27. The maximum atomic E-state index is 12.1. The number of carbonyl (C=O) groups excluding carboxylic acids is 2. The third-order valence-electron chi connectivity index (χ3n) is 2.89. The van der Waals surface area contributed by atoms with Gasteiger partial charge in [0.25, 0.3) is 0 Å². The molecule has 2 nitrogen and oxygen atoms in total. The van der Waals surface area contributed by atoms with Crippen LogP contribution < -0.4 is 0 Å². The Labute approximate surface area is 121 Å². The largest absolute Gasteiger partial charge is 0.293 e. The molecule has 0 N–H and O–H groups in total. The zero-order valence-corrected chi connectivity index (χ0v) is 12.8. The normalized spacial score (nSPS) is 15.9. The van der Waals surface area contributed by atoms with Crippen LogP contribution in [0.2, 0.25) is 0 Å². The quantitative estimate of drug-likeness (QED) is 0.412. The van der Waals surface area contributed by atoms with E-state index in [0.717, 1.165) is 8.86 Å². The first-order chi connectivity index (χ1) is 7.70. The molecule has 0 heterocycles. The van der Waals surface area contributed by atoms with Crippen LogP contribution >= 0.6 is 45.2 Å². The van der Waals surface area contributed by atoms with Gasteiger partial charge in [-0.3, -0.25) is 9.59 Å². The van der Waals surface area contributed by atoms with Crippen LogP contribution in [0.5, 0.6) is 0 Å². The number of benzene rings is 1. The highest BCUT2D eigenvalue weighted by Crippen LogP contribution is 2.33. The van der Waals surface area contributed by atoms with E-state index < -0.39 is 5.92 Å². The summed E-state index contributed by atoms with van der Waals surface area (Å²) in [4.78, 5) is 24.3. The van der Waals surface area contributed by atoms with Crippen LogP contribution in [0.4, 0.5) is 0 Å². The summed E-state index contributed by atoms with van der Waals surface area (Å²) in [5.41, 5.74) is 1.22. The molecule has 0 unspecified atom stereocenters. The summed E-state index contributed by atoms with van der Waals surface area (Å²) in [6.45, 7) is 0. The first-order valence-electron chi connectivity index (χ1n) is 5.00. The highest BCUT2D eigenvalue weighted by molar-refractivity contribution is 14.1. The molecular weight excluding hydrogens is 430 g/mol. The third-order valence-corrected chi connectivity index (χ3v) is 5.15. The minimum absolute atomic E-state index is 0.0129. The molecule has 1 aliphatic carbocycles. The first-order valence-corrected chi connectivity index (χ1v) is 8.05. The first kappa shape index (κ1) is 12.5. The number of Topliss-reactive ketones (excluding diaryl/α,β-unsaturated/α-hetero) is 2. The summed E-state index contributed by atoms with van der Waals surface area (Å²) in [6.07, 6.45) is 0. The van der Waals surface area contributed by atoms with Crippen molar-refractivity contribution in [2.24, 2.45) is 11.8 Å². The monoisotopic (exact) mass is 440 g/mol. The van der Waals surface area contributed by atoms with Gasteiger partial charge in [-0.25, -0.2) is 0 Å². The molecule has 0 atom stereocenters. The number of halogens is 2. The fourth-order valence-corrected chi connectivity index (χ4v) is 4.85. The fourth-order valence-electron chi connectivity index (χ4n) is 2.01. The number of carbonyl (C=O) groups is 2. The number of alkyl halides is 2. The molecule has 0 amide bonds. The van der Waals surface area contributed by atoms with Crippen LogP contribution in [0, 0.1) is 11.8 Å². The Morgan fingerprint density at radius 2 is 1.44 bits per heavy atom. The van der Waals surface area contributed by atoms with E-state index in [1.807, 2.05) is 12.1 Å². The van der Waals surface area contributed by atoms with Crippen molar-refractivity contribution in [3.8, 4) is 0 Å². The third kappa shape index (κ3) is 1.94. The Hall–Kier alpha value is 0.0200. The smallest absolute Gasteiger partial charge is 0.174 e. The lowest BCUT2D eigenvalue weighted by molar-refractivity contribution is 0.0805. The minimum atomic E-state index is -0.439. The maximum absolute atomic E-state index is 12.1. The minimum Gasteiger partial charge on any atom is -0.293 e. The van der Waals surface area contributed by atoms with E-state index in [9.17, 15) is 9.59 Å². The van der Waals surface area contributed by atoms with Gasteiger partial charge in [0.05, 0.1) is 5.92 Å². The van der Waals surface area contributed by atoms with Crippen molar-refractivity contribution in [2.45, 2.75) is 0 Å². The number of fused-ring (bicyclic) bond motifs is 1. The Morgan fingerprint density at radius 3 is 1.81 bits per heavy atom. The summed E-state index contributed by atoms with van der Waals surface area (Å²) in [5, 5.41) is 0. The van der Waals surface area contributed by atoms with Gasteiger partial charge in [-0.15, -0.1) is 0 Å². The molecule has 0 saturated heterocycles. The number of ketones is 2. The second kappa shape index (κ2) is 5.12. The zero-order chi connectivity index (χ0) is 11.7. The predicted molar refractivity (Wildman–Crippen MR) is 79.9 cm³/mol. The van der Waals surface area contributed by atoms with Gasteiger partial charge < -0.3 is 0 Å². The van der Waals surface area contributed by atoms with Crippen molar-refractivity contribution in [1.82, 2.24) is 0 Å². The lowest BCUT2D eigenvalue weighted by atomic mass is 9.91. The highest BCUT2D eigenvalue weighted by Gasteiger charge is 2.42. The molecule has 0 saturated carbocycles. The van der Waals surface area contributed by atoms with E-state index >= 15 is 0 Å². The van der Waals surface area contributed by atoms with Gasteiger partial charge in [0.1, 0.15) is 0 Å². The van der Waals surface area contributed by atoms with Crippen molar-refractivity contribution in [3.05, 3.63) is 35.4 Å². The Kier molecular flexibility index (Phi) is 3.99. The van der Waals surface area contributed by atoms with Gasteiger partial charge in [-0.2, -0.15) is 0 Å². The summed E-state index contributed by atoms with van der Waals surface area (Å²) >= 11 is 4.50. The molecule has 0 radical (unpaired) electrons. The molecule has 0 fully saturated rings. The second-order valence-electron chi connectivity index (χ2n) is 3.82. The fraction of sp³-hybridized carbons (Fsp3) is 0.333. The molecule has 2 rings (SSSR count). The maximum Gasteiger partial charge on any atom is 0.174 e. The molecule has 84 valence electrons. The van der Waals surface area contributed by atoms with Crippen LogP contribution in [-0.2, 0) is 0 Å². The van der Waals surface area contributed by atoms with E-state index in [2.05, 4.69) is 45.2 Å². The molecule has 0 bridgehead atoms. The van der Waals surface area contributed by atoms with Crippen LogP contribution in [-0.4, -0.2) is 20.4 Å². The summed E-state index contributed by atoms with van der Waals surface area (Å²) < 4.78 is 1.69. The topological polar surface area (TPSA) is 34.1 Å². The number of hydrogen-bond donors (Lipinski definition) is 0. The van der Waals surface area contributed by atoms with E-state index in [0.29, 0.717) is 11.1 Å². The Morgan fingerprint density at radius 1 is 1.00 bits per heavy atom. The predicted octanol–water partition coefficient (Wildman–Crippen LogP) is 3.17. The van der Waals surface area contributed by atoms with Crippen molar-refractivity contribution in [2.75, 3.05) is 8.86 Å². The molecular formula is C12H10I2O2. The number of hydrogen-bond acceptors (Lipinski definition) is 2. The van der Waals surface area contributed by atoms with Crippen molar-refractivity contribution in [3.63, 3.8) is 0 Å². The second-order valence-corrected chi connectivity index (χ2v) is 5.58. The van der Waals surface area contributed by atoms with Gasteiger partial charge in [0, 0.05) is 20.0 Å². The van der Waals surface area contributed by atoms with E-state index in [-0.39, 0.29) is 17.5 Å². The Bertz CT molecular complexity index is 403. The average molecular weight is 440 g/mol. The average Bonchev–Trinajstić information content (AvgIpc) is 2.57. The molecule has 1 aromatic rings. The van der Waals surface area contributed by atoms with Gasteiger partial charge in [0.2, 0.25) is 0 Å². The highest BCUT2D eigenvalue weighted by atomic mass is 127. The lowest BCUT2D eigenvalue weighted by Gasteiger charge is -2.15. The standard InChI is InChI=1S/C12H10I2O2/c13-5-7(6-14)10-11(15)8-3-1-2-4-9(8)12(10)16/h1-4,7,10H,5-6H2. The Balaban J connectivity index is 2.42. The number of rotatable bonds is 3. The summed E-state index contributed by atoms with van der Waals surface area (Å²) in [7, 11) is 0. The molecule has 16 heavy (non-hydrogen) atoms. The van der Waals surface area contributed by atoms with Crippen molar-refractivity contribution in [1.29, 1.82) is 0 Å². The van der Waals surface area contributed by atoms with Gasteiger partial charge in [-0.05, 0) is 5.92 Å². The van der Waals surface area contributed by atoms with E-state index in [4.69, 9.17) is 0 Å². The molecule has 0 aliphatic heterocycles. The van der Waals surface area contributed by atoms with Gasteiger partial charge in [0.15, 0.2) is 11.6 Å². The van der Waals surface area contributed by atoms with Crippen molar-refractivity contribution >= 4 is 56.7 Å². The van der Waals surface area contributed by atoms with Gasteiger partial charge >= 0.3 is 0 Å². The SMILES string of the molecule is O=C1c2ccccc2C(=O)C1C(CI)CI. The van der Waals surface area contributed by atoms with Crippen LogP contribution in [0.1, 0.15) is 20.7 Å². The molecule has 0 aromatic heterocycles. The molecule has 1 aliphatic rings. The molecule has 4 heteroatoms. The van der Waals surface area contributed by atoms with E-state index in [1.165, 1.54) is 0 Å². The van der Waals surface area contributed by atoms with Crippen molar-refractivity contribution < 1.29 is 9.59 Å².